The molecule has 6 aliphatic carbocycles. The zero-order chi connectivity index (χ0) is 36.2. The molecule has 0 heterocycles. The molecule has 0 spiro atoms. The van der Waals surface area contributed by atoms with Crippen LogP contribution in [0.1, 0.15) is 72.9 Å². The third-order valence-corrected chi connectivity index (χ3v) is 17.4. The summed E-state index contributed by atoms with van der Waals surface area (Å²) < 4.78 is 3.62. The van der Waals surface area contributed by atoms with Crippen LogP contribution in [0.25, 0.3) is 0 Å². The van der Waals surface area contributed by atoms with Crippen molar-refractivity contribution in [3.8, 4) is 0 Å². The second kappa shape index (κ2) is 15.7. The first-order chi connectivity index (χ1) is 23.6. The Morgan fingerprint density at radius 1 is 0.673 bits per heavy atom. The maximum absolute atomic E-state index is 3.45. The van der Waals surface area contributed by atoms with Crippen LogP contribution >= 0.6 is 31.9 Å². The summed E-state index contributed by atoms with van der Waals surface area (Å²) in [6, 6.07) is 16.9. The van der Waals surface area contributed by atoms with Gasteiger partial charge in [0.2, 0.25) is 0 Å². The summed E-state index contributed by atoms with van der Waals surface area (Å²) in [6.07, 6.45) is 39.3. The van der Waals surface area contributed by atoms with Crippen LogP contribution in [0.5, 0.6) is 0 Å². The molecule has 2 aromatic rings. The Morgan fingerprint density at radius 3 is 1.58 bits per heavy atom. The fraction of sp³-hybridized carbons (Fsp3) is 0.362. The predicted molar refractivity (Wildman–Crippen MR) is 217 cm³/mol. The molecule has 0 aliphatic heterocycles. The standard InChI is InChI=1S/C29H37.C13H8Br2.C5H5.2ClH.Zr/c1-21-14-13-15-22-20-27(6)25(4)18-10-9-16-23(25,2)24(3)17-11-12-19-26(24,5)29(27,8)28(21,22)7;14-12-5-1-10(2-6-12)9-11-3-7-13(15)8-4-11;1-2-4-5-3-1;;;/h9-20,22H,1-8H3;1-8H;1-3H,4H2;2*1H;/q-1;;-1;;;+2/p-2. The maximum Gasteiger partial charge on any atom is 0.00455 e. The number of hydrogen-bond acceptors (Lipinski definition) is 0. The van der Waals surface area contributed by atoms with Gasteiger partial charge in [0, 0.05) is 10.8 Å². The summed E-state index contributed by atoms with van der Waals surface area (Å²) in [7, 11) is 0. The Labute approximate surface area is 358 Å². The molecule has 52 heavy (non-hydrogen) atoms. The zero-order valence-electron chi connectivity index (χ0n) is 31.6. The predicted octanol–water partition coefficient (Wildman–Crippen LogP) is 7.29. The minimum absolute atomic E-state index is 0. The molecule has 6 aliphatic rings. The van der Waals surface area contributed by atoms with Gasteiger partial charge >= 0.3 is 128 Å². The van der Waals surface area contributed by atoms with Crippen LogP contribution in [0.2, 0.25) is 0 Å². The van der Waals surface area contributed by atoms with Crippen molar-refractivity contribution in [2.45, 2.75) is 61.8 Å². The third kappa shape index (κ3) is 6.00. The van der Waals surface area contributed by atoms with Gasteiger partial charge in [-0.3, -0.25) is 6.08 Å². The topological polar surface area (TPSA) is 0 Å². The number of fused-ring (bicyclic) bond motifs is 8. The number of halogens is 4. The van der Waals surface area contributed by atoms with Crippen molar-refractivity contribution >= 4 is 35.1 Å². The molecule has 272 valence electrons. The van der Waals surface area contributed by atoms with Crippen LogP contribution in [-0.2, 0) is 24.2 Å². The van der Waals surface area contributed by atoms with Crippen molar-refractivity contribution in [1.82, 2.24) is 0 Å². The Kier molecular flexibility index (Phi) is 13.1. The Bertz CT molecular complexity index is 1860. The molecular formula is C47H50Br2Cl2Zr-2. The van der Waals surface area contributed by atoms with Gasteiger partial charge < -0.3 is 31.2 Å². The number of hydrogen-bond donors (Lipinski definition) is 0. The molecule has 5 heteroatoms. The second-order valence-electron chi connectivity index (χ2n) is 16.1. The summed E-state index contributed by atoms with van der Waals surface area (Å²) in [4.78, 5) is 0. The zero-order valence-corrected chi connectivity index (χ0v) is 38.7. The molecule has 0 nitrogen and oxygen atoms in total. The quantitative estimate of drug-likeness (QED) is 0.278. The summed E-state index contributed by atoms with van der Waals surface area (Å²) in [5.41, 5.74) is 4.32. The Hall–Kier alpha value is -1.35. The van der Waals surface area contributed by atoms with E-state index in [1.807, 2.05) is 12.2 Å². The van der Waals surface area contributed by atoms with Gasteiger partial charge in [-0.15, -0.1) is 23.8 Å². The minimum Gasteiger partial charge on any atom is -1.00 e. The van der Waals surface area contributed by atoms with Gasteiger partial charge in [0.05, 0.1) is 0 Å². The first-order valence-corrected chi connectivity index (χ1v) is 20.7. The molecule has 8 unspecified atom stereocenters. The summed E-state index contributed by atoms with van der Waals surface area (Å²) in [5.74, 6) is 0.460. The number of benzene rings is 2. The Balaban J connectivity index is 0.000000221. The van der Waals surface area contributed by atoms with Crippen molar-refractivity contribution in [2.24, 2.45) is 43.8 Å². The second-order valence-corrected chi connectivity index (χ2v) is 19.2. The van der Waals surface area contributed by atoms with Crippen LogP contribution in [0, 0.1) is 56.3 Å². The van der Waals surface area contributed by atoms with Crippen molar-refractivity contribution in [3.63, 3.8) is 0 Å². The van der Waals surface area contributed by atoms with Gasteiger partial charge in [-0.1, -0.05) is 115 Å². The molecule has 8 atom stereocenters. The van der Waals surface area contributed by atoms with E-state index in [-0.39, 0.29) is 62.7 Å². The van der Waals surface area contributed by atoms with Crippen LogP contribution in [-0.4, -0.2) is 3.21 Å². The summed E-state index contributed by atoms with van der Waals surface area (Å²) >= 11 is 8.34. The van der Waals surface area contributed by atoms with E-state index in [1.54, 1.807) is 0 Å². The van der Waals surface area contributed by atoms with E-state index in [4.69, 9.17) is 0 Å². The van der Waals surface area contributed by atoms with Crippen molar-refractivity contribution in [2.75, 3.05) is 0 Å². The Morgan fingerprint density at radius 2 is 1.13 bits per heavy atom. The van der Waals surface area contributed by atoms with Gasteiger partial charge in [-0.25, -0.2) is 12.2 Å². The van der Waals surface area contributed by atoms with E-state index in [0.29, 0.717) is 5.92 Å². The first kappa shape index (κ1) is 43.4. The molecule has 0 bridgehead atoms. The number of allylic oxidation sites excluding steroid dienone is 16. The monoisotopic (exact) mass is 932 g/mol. The van der Waals surface area contributed by atoms with Crippen LogP contribution < -0.4 is 24.8 Å². The molecule has 0 saturated heterocycles. The van der Waals surface area contributed by atoms with E-state index >= 15 is 0 Å². The summed E-state index contributed by atoms with van der Waals surface area (Å²) in [6.45, 7) is 20.3. The molecular weight excluding hydrogens is 886 g/mol. The fourth-order valence-corrected chi connectivity index (χ4v) is 12.3. The molecule has 0 amide bonds. The average Bonchev–Trinajstić information content (AvgIpc) is 3.75. The molecule has 2 aromatic carbocycles. The van der Waals surface area contributed by atoms with Crippen molar-refractivity contribution < 1.29 is 49.0 Å². The maximum atomic E-state index is 3.45. The largest absolute Gasteiger partial charge is 1.00 e. The van der Waals surface area contributed by atoms with Gasteiger partial charge in [-0.2, -0.15) is 6.08 Å². The van der Waals surface area contributed by atoms with Crippen LogP contribution in [0.15, 0.2) is 148 Å². The van der Waals surface area contributed by atoms with E-state index in [0.717, 1.165) is 15.4 Å². The fourth-order valence-electron chi connectivity index (χ4n) is 11.0. The van der Waals surface area contributed by atoms with Gasteiger partial charge in [0.1, 0.15) is 0 Å². The van der Waals surface area contributed by atoms with Crippen molar-refractivity contribution in [3.05, 3.63) is 172 Å². The summed E-state index contributed by atoms with van der Waals surface area (Å²) in [5, 5.41) is 0. The molecule has 2 fully saturated rings. The molecule has 2 saturated carbocycles. The molecule has 0 radical (unpaired) electrons. The SMILES string of the molecule is Brc1ccc([C](=[Zr+2])c2ccc(Br)cc2)cc1.CC1=CC=CC2[CH-]C3(C)C4(C)C=CC=CC4(C)C4(C)C=CC=CC4(C)C3(C)C12C.[C-]1=CC=CC1.[Cl-].[Cl-]. The van der Waals surface area contributed by atoms with E-state index < -0.39 is 0 Å². The smallest absolute Gasteiger partial charge is 0.00455 e. The minimum atomic E-state index is 0. The average molecular weight is 937 g/mol. The van der Waals surface area contributed by atoms with E-state index in [1.165, 1.54) is 44.1 Å². The van der Waals surface area contributed by atoms with Gasteiger partial charge in [-0.05, 0) is 28.6 Å². The first-order valence-electron chi connectivity index (χ1n) is 17.8. The van der Waals surface area contributed by atoms with E-state index in [2.05, 4.69) is 221 Å². The van der Waals surface area contributed by atoms with Crippen molar-refractivity contribution in [1.29, 1.82) is 0 Å². The van der Waals surface area contributed by atoms with Crippen LogP contribution in [0.4, 0.5) is 0 Å². The molecule has 0 N–H and O–H groups in total. The van der Waals surface area contributed by atoms with Crippen LogP contribution in [0.3, 0.4) is 0 Å². The number of rotatable bonds is 2. The van der Waals surface area contributed by atoms with E-state index in [9.17, 15) is 0 Å². The van der Waals surface area contributed by atoms with Gasteiger partial charge in [0.25, 0.3) is 0 Å². The third-order valence-electron chi connectivity index (χ3n) is 14.9. The molecule has 8 rings (SSSR count). The van der Waals surface area contributed by atoms with Gasteiger partial charge in [0.15, 0.2) is 0 Å². The molecule has 0 aromatic heterocycles. The normalized spacial score (nSPS) is 37.8.